The molecule has 1 aliphatic rings. The number of methoxy groups -OCH3 is 2. The Kier molecular flexibility index (Phi) is 6.96. The lowest BCUT2D eigenvalue weighted by molar-refractivity contribution is -0.132. The summed E-state index contributed by atoms with van der Waals surface area (Å²) in [6, 6.07) is 12.4. The molecule has 0 aromatic heterocycles. The highest BCUT2D eigenvalue weighted by atomic mass is 16.5. The number of hydrazine groups is 1. The molecule has 164 valence electrons. The smallest absolute Gasteiger partial charge is 0.276 e. The molecular weight excluding hydrogens is 402 g/mol. The number of nitrogens with zero attached hydrogens (tertiary/aromatic N) is 1. The molecule has 1 unspecified atom stereocenters. The van der Waals surface area contributed by atoms with Crippen molar-refractivity contribution in [3.8, 4) is 17.2 Å². The molecule has 3 amide bonds. The third-order valence-electron chi connectivity index (χ3n) is 4.89. The Balaban J connectivity index is 1.52. The monoisotopic (exact) mass is 427 g/mol. The van der Waals surface area contributed by atoms with E-state index in [-0.39, 0.29) is 25.5 Å². The van der Waals surface area contributed by atoms with Gasteiger partial charge in [0.15, 0.2) is 6.61 Å². The summed E-state index contributed by atoms with van der Waals surface area (Å²) < 4.78 is 15.9. The second-order valence-electron chi connectivity index (χ2n) is 7.08. The lowest BCUT2D eigenvalue weighted by Crippen LogP contribution is -2.46. The second-order valence-corrected chi connectivity index (χ2v) is 7.08. The zero-order valence-electron chi connectivity index (χ0n) is 17.6. The number of benzene rings is 2. The van der Waals surface area contributed by atoms with Crippen molar-refractivity contribution in [1.82, 2.24) is 10.9 Å². The molecule has 2 aromatic carbocycles. The van der Waals surface area contributed by atoms with Crippen molar-refractivity contribution in [1.29, 1.82) is 0 Å². The summed E-state index contributed by atoms with van der Waals surface area (Å²) in [4.78, 5) is 38.4. The summed E-state index contributed by atoms with van der Waals surface area (Å²) in [5, 5.41) is 0. The van der Waals surface area contributed by atoms with Gasteiger partial charge in [0.05, 0.1) is 25.8 Å². The molecule has 0 aliphatic carbocycles. The molecule has 31 heavy (non-hydrogen) atoms. The van der Waals surface area contributed by atoms with E-state index in [0.717, 1.165) is 5.56 Å². The van der Waals surface area contributed by atoms with Crippen LogP contribution in [0.4, 0.5) is 5.69 Å². The van der Waals surface area contributed by atoms with Gasteiger partial charge >= 0.3 is 0 Å². The number of carbonyl (C=O) groups excluding carboxylic acids is 3. The van der Waals surface area contributed by atoms with Crippen LogP contribution in [0, 0.1) is 12.8 Å². The van der Waals surface area contributed by atoms with Gasteiger partial charge in [0, 0.05) is 19.0 Å². The topological polar surface area (TPSA) is 106 Å². The molecule has 1 aliphatic heterocycles. The molecule has 2 aromatic rings. The fourth-order valence-corrected chi connectivity index (χ4v) is 3.18. The van der Waals surface area contributed by atoms with Crippen LogP contribution in [0.1, 0.15) is 12.0 Å². The summed E-state index contributed by atoms with van der Waals surface area (Å²) in [5.41, 5.74) is 6.31. The van der Waals surface area contributed by atoms with Crippen LogP contribution in [-0.2, 0) is 14.4 Å². The Morgan fingerprint density at radius 3 is 2.42 bits per heavy atom. The standard InChI is InChI=1S/C22H25N3O6/c1-14-4-6-16(7-5-14)31-13-20(26)23-24-22(28)15-10-21(27)25(12-15)18-9-8-17(29-2)11-19(18)30-3/h4-9,11,15H,10,12-13H2,1-3H3,(H,23,26)(H,24,28). The lowest BCUT2D eigenvalue weighted by Gasteiger charge is -2.20. The Bertz CT molecular complexity index is 960. The highest BCUT2D eigenvalue weighted by Gasteiger charge is 2.36. The first-order chi connectivity index (χ1) is 14.9. The maximum absolute atomic E-state index is 12.5. The number of aryl methyl sites for hydroxylation is 1. The minimum absolute atomic E-state index is 0.0246. The first kappa shape index (κ1) is 21.9. The van der Waals surface area contributed by atoms with E-state index in [1.165, 1.54) is 19.1 Å². The molecule has 2 N–H and O–H groups in total. The van der Waals surface area contributed by atoms with Gasteiger partial charge in [0.2, 0.25) is 11.8 Å². The Labute approximate surface area is 180 Å². The summed E-state index contributed by atoms with van der Waals surface area (Å²) in [6.45, 7) is 1.87. The lowest BCUT2D eigenvalue weighted by atomic mass is 10.1. The average molecular weight is 427 g/mol. The van der Waals surface area contributed by atoms with Crippen LogP contribution < -0.4 is 30.0 Å². The summed E-state index contributed by atoms with van der Waals surface area (Å²) in [5.74, 6) is -0.167. The molecule has 9 heteroatoms. The first-order valence-corrected chi connectivity index (χ1v) is 9.72. The van der Waals surface area contributed by atoms with E-state index in [0.29, 0.717) is 22.9 Å². The van der Waals surface area contributed by atoms with Crippen molar-refractivity contribution in [3.63, 3.8) is 0 Å². The van der Waals surface area contributed by atoms with Crippen LogP contribution in [0.2, 0.25) is 0 Å². The van der Waals surface area contributed by atoms with Gasteiger partial charge < -0.3 is 19.1 Å². The number of carbonyl (C=O) groups is 3. The summed E-state index contributed by atoms with van der Waals surface area (Å²) in [6.07, 6.45) is 0.0246. The molecular formula is C22H25N3O6. The molecule has 0 saturated carbocycles. The summed E-state index contributed by atoms with van der Waals surface area (Å²) in [7, 11) is 3.03. The zero-order valence-corrected chi connectivity index (χ0v) is 17.6. The maximum Gasteiger partial charge on any atom is 0.276 e. The largest absolute Gasteiger partial charge is 0.497 e. The fraction of sp³-hybridized carbons (Fsp3) is 0.318. The second kappa shape index (κ2) is 9.84. The molecule has 1 heterocycles. The minimum atomic E-state index is -0.613. The Hall–Kier alpha value is -3.75. The van der Waals surface area contributed by atoms with Crippen molar-refractivity contribution < 1.29 is 28.6 Å². The van der Waals surface area contributed by atoms with Gasteiger partial charge in [-0.1, -0.05) is 17.7 Å². The van der Waals surface area contributed by atoms with Gasteiger partial charge in [-0.3, -0.25) is 25.2 Å². The van der Waals surface area contributed by atoms with E-state index in [1.54, 1.807) is 30.3 Å². The molecule has 1 saturated heterocycles. The number of rotatable bonds is 7. The number of anilines is 1. The number of amides is 3. The van der Waals surface area contributed by atoms with Crippen LogP contribution in [0.3, 0.4) is 0 Å². The van der Waals surface area contributed by atoms with Gasteiger partial charge in [0.25, 0.3) is 5.91 Å². The normalized spacial score (nSPS) is 15.4. The third-order valence-corrected chi connectivity index (χ3v) is 4.89. The van der Waals surface area contributed by atoms with Crippen LogP contribution in [0.25, 0.3) is 0 Å². The van der Waals surface area contributed by atoms with Crippen molar-refractivity contribution in [2.75, 3.05) is 32.3 Å². The molecule has 1 atom stereocenters. The van der Waals surface area contributed by atoms with E-state index < -0.39 is 17.7 Å². The minimum Gasteiger partial charge on any atom is -0.497 e. The summed E-state index contributed by atoms with van der Waals surface area (Å²) >= 11 is 0. The highest BCUT2D eigenvalue weighted by molar-refractivity contribution is 6.01. The quantitative estimate of drug-likeness (QED) is 0.650. The number of nitrogens with one attached hydrogen (secondary N) is 2. The van der Waals surface area contributed by atoms with E-state index in [4.69, 9.17) is 14.2 Å². The van der Waals surface area contributed by atoms with Crippen molar-refractivity contribution in [2.24, 2.45) is 5.92 Å². The third kappa shape index (κ3) is 5.44. The van der Waals surface area contributed by atoms with Crippen LogP contribution in [0.5, 0.6) is 17.2 Å². The van der Waals surface area contributed by atoms with E-state index in [2.05, 4.69) is 10.9 Å². The number of ether oxygens (including phenoxy) is 3. The first-order valence-electron chi connectivity index (χ1n) is 9.72. The SMILES string of the molecule is COc1ccc(N2CC(C(=O)NNC(=O)COc3ccc(C)cc3)CC2=O)c(OC)c1. The molecule has 1 fully saturated rings. The van der Waals surface area contributed by atoms with Crippen molar-refractivity contribution in [3.05, 3.63) is 48.0 Å². The van der Waals surface area contributed by atoms with Gasteiger partial charge in [0.1, 0.15) is 17.2 Å². The van der Waals surface area contributed by atoms with Gasteiger partial charge in [-0.15, -0.1) is 0 Å². The van der Waals surface area contributed by atoms with E-state index >= 15 is 0 Å². The Morgan fingerprint density at radius 2 is 1.74 bits per heavy atom. The van der Waals surface area contributed by atoms with Crippen molar-refractivity contribution >= 4 is 23.4 Å². The number of hydrogen-bond donors (Lipinski definition) is 2. The van der Waals surface area contributed by atoms with Gasteiger partial charge in [-0.25, -0.2) is 0 Å². The van der Waals surface area contributed by atoms with Crippen LogP contribution >= 0.6 is 0 Å². The van der Waals surface area contributed by atoms with Gasteiger partial charge in [-0.05, 0) is 31.2 Å². The highest BCUT2D eigenvalue weighted by Crippen LogP contribution is 2.35. The molecule has 0 bridgehead atoms. The Morgan fingerprint density at radius 1 is 1.03 bits per heavy atom. The van der Waals surface area contributed by atoms with Crippen LogP contribution in [0.15, 0.2) is 42.5 Å². The van der Waals surface area contributed by atoms with E-state index in [1.807, 2.05) is 19.1 Å². The number of hydrogen-bond acceptors (Lipinski definition) is 6. The van der Waals surface area contributed by atoms with E-state index in [9.17, 15) is 14.4 Å². The molecule has 0 radical (unpaired) electrons. The molecule has 3 rings (SSSR count). The molecule has 0 spiro atoms. The van der Waals surface area contributed by atoms with Crippen LogP contribution in [-0.4, -0.2) is 45.1 Å². The van der Waals surface area contributed by atoms with Gasteiger partial charge in [-0.2, -0.15) is 0 Å². The predicted octanol–water partition coefficient (Wildman–Crippen LogP) is 1.59. The fourth-order valence-electron chi connectivity index (χ4n) is 3.18. The maximum atomic E-state index is 12.5. The average Bonchev–Trinajstić information content (AvgIpc) is 3.17. The van der Waals surface area contributed by atoms with Crippen molar-refractivity contribution in [2.45, 2.75) is 13.3 Å². The zero-order chi connectivity index (χ0) is 22.4. The molecule has 9 nitrogen and oxygen atoms in total. The predicted molar refractivity (Wildman–Crippen MR) is 113 cm³/mol.